The fraction of sp³-hybridized carbons (Fsp3) is 0.273. The summed E-state index contributed by atoms with van der Waals surface area (Å²) in [6, 6.07) is 17.4. The minimum absolute atomic E-state index is 0.0454. The van der Waals surface area contributed by atoms with Crippen molar-refractivity contribution in [3.63, 3.8) is 0 Å². The molecule has 2 aromatic carbocycles. The average molecular weight is 455 g/mol. The summed E-state index contributed by atoms with van der Waals surface area (Å²) in [5, 5.41) is 8.97. The number of thiazole rings is 1. The Kier molecular flexibility index (Phi) is 6.53. The highest BCUT2D eigenvalue weighted by atomic mass is 32.2. The molecule has 0 spiro atoms. The van der Waals surface area contributed by atoms with Crippen LogP contribution in [0.25, 0.3) is 15.9 Å². The van der Waals surface area contributed by atoms with Crippen molar-refractivity contribution in [1.82, 2.24) is 19.3 Å². The Balaban J connectivity index is 1.76. The maximum Gasteiger partial charge on any atom is 0.319 e. The van der Waals surface area contributed by atoms with E-state index in [9.17, 15) is 9.59 Å². The molecule has 0 aliphatic rings. The first kappa shape index (κ1) is 21.3. The van der Waals surface area contributed by atoms with E-state index in [0.717, 1.165) is 15.9 Å². The van der Waals surface area contributed by atoms with E-state index >= 15 is 0 Å². The minimum atomic E-state index is -0.385. The fourth-order valence-electron chi connectivity index (χ4n) is 3.28. The number of benzene rings is 2. The van der Waals surface area contributed by atoms with Gasteiger partial charge in [0.05, 0.1) is 23.4 Å². The van der Waals surface area contributed by atoms with Gasteiger partial charge in [-0.1, -0.05) is 60.4 Å². The van der Waals surface area contributed by atoms with E-state index in [0.29, 0.717) is 24.0 Å². The number of aromatic nitrogens is 4. The van der Waals surface area contributed by atoms with Crippen molar-refractivity contribution < 1.29 is 9.53 Å². The molecule has 0 saturated heterocycles. The average Bonchev–Trinajstić information content (AvgIpc) is 3.33. The zero-order chi connectivity index (χ0) is 21.8. The maximum atomic E-state index is 12.6. The van der Waals surface area contributed by atoms with Gasteiger partial charge in [-0.2, -0.15) is 0 Å². The Morgan fingerprint density at radius 3 is 2.58 bits per heavy atom. The van der Waals surface area contributed by atoms with E-state index in [1.54, 1.807) is 11.5 Å². The second-order valence-corrected chi connectivity index (χ2v) is 8.92. The van der Waals surface area contributed by atoms with Crippen LogP contribution >= 0.6 is 23.1 Å². The van der Waals surface area contributed by atoms with Crippen LogP contribution in [0.4, 0.5) is 0 Å². The molecule has 2 aromatic heterocycles. The quantitative estimate of drug-likeness (QED) is 0.294. The Bertz CT molecular complexity index is 1250. The van der Waals surface area contributed by atoms with Gasteiger partial charge in [-0.3, -0.25) is 18.7 Å². The molecular formula is C22H22N4O3S2. The van der Waals surface area contributed by atoms with Gasteiger partial charge in [-0.05, 0) is 37.6 Å². The number of ether oxygens (including phenoxy) is 1. The molecule has 0 aliphatic carbocycles. The predicted octanol–water partition coefficient (Wildman–Crippen LogP) is 4.13. The monoisotopic (exact) mass is 454 g/mol. The molecule has 9 heteroatoms. The molecule has 1 atom stereocenters. The van der Waals surface area contributed by atoms with Crippen molar-refractivity contribution in [2.45, 2.75) is 37.2 Å². The highest BCUT2D eigenvalue weighted by Crippen LogP contribution is 2.29. The van der Waals surface area contributed by atoms with Crippen molar-refractivity contribution in [1.29, 1.82) is 0 Å². The first-order valence-electron chi connectivity index (χ1n) is 10.0. The third-order valence-corrected chi connectivity index (χ3v) is 7.00. The number of para-hydroxylation sites is 2. The Hall–Kier alpha value is -2.91. The summed E-state index contributed by atoms with van der Waals surface area (Å²) >= 11 is 2.54. The van der Waals surface area contributed by atoms with Gasteiger partial charge in [0, 0.05) is 5.69 Å². The molecule has 0 amide bonds. The summed E-state index contributed by atoms with van der Waals surface area (Å²) in [5.74, 6) is 0.359. The fourth-order valence-corrected chi connectivity index (χ4v) is 5.16. The van der Waals surface area contributed by atoms with Crippen molar-refractivity contribution >= 4 is 39.3 Å². The van der Waals surface area contributed by atoms with Gasteiger partial charge in [0.15, 0.2) is 11.0 Å². The summed E-state index contributed by atoms with van der Waals surface area (Å²) in [5.41, 5.74) is 1.74. The van der Waals surface area contributed by atoms with Gasteiger partial charge in [0.2, 0.25) is 0 Å². The molecule has 31 heavy (non-hydrogen) atoms. The number of rotatable bonds is 8. The van der Waals surface area contributed by atoms with Crippen LogP contribution in [-0.4, -0.2) is 37.2 Å². The maximum absolute atomic E-state index is 12.6. The summed E-state index contributed by atoms with van der Waals surface area (Å²) in [6.45, 7) is 4.35. The van der Waals surface area contributed by atoms with Gasteiger partial charge in [-0.25, -0.2) is 0 Å². The molecule has 7 nitrogen and oxygen atoms in total. The Morgan fingerprint density at radius 1 is 1.10 bits per heavy atom. The molecule has 0 aliphatic heterocycles. The molecule has 160 valence electrons. The molecule has 4 rings (SSSR count). The second kappa shape index (κ2) is 9.49. The second-order valence-electron chi connectivity index (χ2n) is 6.76. The largest absolute Gasteiger partial charge is 0.465 e. The number of carbonyl (C=O) groups excluding carboxylic acids is 1. The van der Waals surface area contributed by atoms with Crippen molar-refractivity contribution in [3.05, 3.63) is 70.1 Å². The van der Waals surface area contributed by atoms with E-state index in [1.807, 2.05) is 66.1 Å². The number of hydrogen-bond acceptors (Lipinski definition) is 7. The third kappa shape index (κ3) is 4.42. The summed E-state index contributed by atoms with van der Waals surface area (Å²) in [4.78, 5) is 24.9. The summed E-state index contributed by atoms with van der Waals surface area (Å²) < 4.78 is 9.76. The molecule has 0 bridgehead atoms. The zero-order valence-corrected chi connectivity index (χ0v) is 18.9. The van der Waals surface area contributed by atoms with Crippen LogP contribution in [-0.2, 0) is 16.1 Å². The lowest BCUT2D eigenvalue weighted by molar-refractivity contribution is -0.142. The third-order valence-electron chi connectivity index (χ3n) is 4.76. The number of thioether (sulfide) groups is 1. The van der Waals surface area contributed by atoms with Crippen molar-refractivity contribution in [2.75, 3.05) is 6.61 Å². The number of fused-ring (bicyclic) bond motifs is 1. The molecule has 0 fully saturated rings. The van der Waals surface area contributed by atoms with Crippen LogP contribution < -0.4 is 4.87 Å². The zero-order valence-electron chi connectivity index (χ0n) is 17.2. The molecule has 0 saturated carbocycles. The van der Waals surface area contributed by atoms with E-state index in [-0.39, 0.29) is 22.6 Å². The van der Waals surface area contributed by atoms with E-state index in [1.165, 1.54) is 23.1 Å². The Labute approximate surface area is 187 Å². The lowest BCUT2D eigenvalue weighted by Crippen LogP contribution is -2.20. The predicted molar refractivity (Wildman–Crippen MR) is 123 cm³/mol. The van der Waals surface area contributed by atoms with Gasteiger partial charge < -0.3 is 4.74 Å². The van der Waals surface area contributed by atoms with Crippen LogP contribution in [0.1, 0.15) is 26.1 Å². The van der Waals surface area contributed by atoms with Gasteiger partial charge in [-0.15, -0.1) is 10.2 Å². The lowest BCUT2D eigenvalue weighted by Gasteiger charge is -2.15. The Morgan fingerprint density at radius 2 is 1.84 bits per heavy atom. The number of esters is 1. The molecule has 0 N–H and O–H groups in total. The van der Waals surface area contributed by atoms with Crippen LogP contribution in [0, 0.1) is 0 Å². The summed E-state index contributed by atoms with van der Waals surface area (Å²) in [6.07, 6.45) is 0.606. The van der Waals surface area contributed by atoms with Crippen molar-refractivity contribution in [3.8, 4) is 5.69 Å². The smallest absolute Gasteiger partial charge is 0.319 e. The SMILES string of the molecule is CCOC(=O)[C@H](CC)Sc1nnc(Cn2c(=O)sc3ccccc32)n1-c1ccccc1. The van der Waals surface area contributed by atoms with Gasteiger partial charge >= 0.3 is 10.8 Å². The molecule has 0 unspecified atom stereocenters. The van der Waals surface area contributed by atoms with Crippen LogP contribution in [0.5, 0.6) is 0 Å². The highest BCUT2D eigenvalue weighted by molar-refractivity contribution is 8.00. The van der Waals surface area contributed by atoms with E-state index in [4.69, 9.17) is 4.74 Å². The highest BCUT2D eigenvalue weighted by Gasteiger charge is 2.24. The molecular weight excluding hydrogens is 432 g/mol. The van der Waals surface area contributed by atoms with Crippen LogP contribution in [0.15, 0.2) is 64.5 Å². The van der Waals surface area contributed by atoms with Gasteiger partial charge in [0.1, 0.15) is 5.25 Å². The standard InChI is InChI=1S/C22H22N4O3S2/c1-3-17(20(27)29-4-2)30-21-24-23-19(26(21)15-10-6-5-7-11-15)14-25-16-12-8-9-13-18(16)31-22(25)28/h5-13,17H,3-4,14H2,1-2H3/t17-/m0/s1. The number of hydrogen-bond donors (Lipinski definition) is 0. The van der Waals surface area contributed by atoms with Crippen LogP contribution in [0.2, 0.25) is 0 Å². The first-order chi connectivity index (χ1) is 15.1. The molecule has 2 heterocycles. The normalized spacial score (nSPS) is 12.2. The number of carbonyl (C=O) groups is 1. The lowest BCUT2D eigenvalue weighted by atomic mass is 10.3. The molecule has 4 aromatic rings. The van der Waals surface area contributed by atoms with E-state index in [2.05, 4.69) is 10.2 Å². The minimum Gasteiger partial charge on any atom is -0.465 e. The van der Waals surface area contributed by atoms with Crippen molar-refractivity contribution in [2.24, 2.45) is 0 Å². The van der Waals surface area contributed by atoms with Crippen LogP contribution in [0.3, 0.4) is 0 Å². The summed E-state index contributed by atoms with van der Waals surface area (Å²) in [7, 11) is 0. The molecule has 0 radical (unpaired) electrons. The number of nitrogens with zero attached hydrogens (tertiary/aromatic N) is 4. The topological polar surface area (TPSA) is 79.0 Å². The van der Waals surface area contributed by atoms with E-state index < -0.39 is 0 Å². The van der Waals surface area contributed by atoms with Gasteiger partial charge in [0.25, 0.3) is 0 Å². The first-order valence-corrected chi connectivity index (χ1v) is 11.7.